The molecule has 2 aromatic rings. The van der Waals surface area contributed by atoms with Crippen molar-refractivity contribution < 1.29 is 4.79 Å². The number of carbonyl (C=O) groups excluding carboxylic acids is 1. The molecule has 0 atom stereocenters. The van der Waals surface area contributed by atoms with Crippen LogP contribution in [-0.4, -0.2) is 22.4 Å². The first-order valence-electron chi connectivity index (χ1n) is 6.70. The van der Waals surface area contributed by atoms with Crippen molar-refractivity contribution in [3.63, 3.8) is 0 Å². The van der Waals surface area contributed by atoms with E-state index >= 15 is 0 Å². The predicted octanol–water partition coefficient (Wildman–Crippen LogP) is 2.19. The molecule has 0 saturated heterocycles. The van der Waals surface area contributed by atoms with Gasteiger partial charge in [0.1, 0.15) is 5.82 Å². The third-order valence-corrected chi connectivity index (χ3v) is 2.71. The summed E-state index contributed by atoms with van der Waals surface area (Å²) in [5.41, 5.74) is 6.46. The molecule has 0 aliphatic rings. The second-order valence-corrected chi connectivity index (χ2v) is 5.01. The Morgan fingerprint density at radius 1 is 1.38 bits per heavy atom. The molecule has 0 bridgehead atoms. The van der Waals surface area contributed by atoms with Crippen molar-refractivity contribution in [3.05, 3.63) is 42.1 Å². The Bertz CT molecular complexity index is 613. The van der Waals surface area contributed by atoms with Gasteiger partial charge in [0.15, 0.2) is 0 Å². The zero-order valence-corrected chi connectivity index (χ0v) is 12.1. The molecule has 0 aliphatic heterocycles. The average Bonchev–Trinajstić information content (AvgIpc) is 2.46. The lowest BCUT2D eigenvalue weighted by atomic mass is 10.2. The van der Waals surface area contributed by atoms with E-state index in [0.29, 0.717) is 24.2 Å². The molecule has 0 fully saturated rings. The summed E-state index contributed by atoms with van der Waals surface area (Å²) in [4.78, 5) is 19.8. The largest absolute Gasteiger partial charge is 0.369 e. The molecule has 0 aliphatic carbocycles. The van der Waals surface area contributed by atoms with E-state index in [1.165, 1.54) is 6.20 Å². The summed E-state index contributed by atoms with van der Waals surface area (Å²) < 4.78 is 0. The molecule has 1 aromatic heterocycles. The van der Waals surface area contributed by atoms with Crippen LogP contribution < -0.4 is 16.4 Å². The lowest BCUT2D eigenvalue weighted by Gasteiger charge is -2.12. The summed E-state index contributed by atoms with van der Waals surface area (Å²) in [5.74, 6) is 0.706. The fourth-order valence-corrected chi connectivity index (χ4v) is 1.66. The van der Waals surface area contributed by atoms with Crippen molar-refractivity contribution in [2.24, 2.45) is 11.7 Å². The number of benzene rings is 1. The summed E-state index contributed by atoms with van der Waals surface area (Å²) in [6.07, 6.45) is 1.43. The minimum atomic E-state index is -0.554. The number of amides is 1. The standard InChI is InChI=1S/C15H18N5O/c1-10(2)8-17-14-12(13(16)21)9-18-15(20-14)19-11-6-4-3-5-7-11/h4-7,9-10H,8H2,1-2H3,(H2,16,21)(H2,17,18,19,20). The lowest BCUT2D eigenvalue weighted by Crippen LogP contribution is -2.18. The number of aromatic nitrogens is 2. The fourth-order valence-electron chi connectivity index (χ4n) is 1.66. The summed E-state index contributed by atoms with van der Waals surface area (Å²) in [5, 5.41) is 6.19. The molecule has 0 spiro atoms. The molecule has 21 heavy (non-hydrogen) atoms. The Balaban J connectivity index is 2.23. The number of nitrogens with one attached hydrogen (secondary N) is 2. The van der Waals surface area contributed by atoms with Crippen LogP contribution in [0.25, 0.3) is 0 Å². The number of nitrogens with two attached hydrogens (primary N) is 1. The van der Waals surface area contributed by atoms with Gasteiger partial charge in [0, 0.05) is 18.4 Å². The number of hydrogen-bond donors (Lipinski definition) is 3. The third-order valence-electron chi connectivity index (χ3n) is 2.71. The van der Waals surface area contributed by atoms with Crippen LogP contribution >= 0.6 is 0 Å². The molecule has 6 nitrogen and oxygen atoms in total. The predicted molar refractivity (Wildman–Crippen MR) is 82.4 cm³/mol. The Kier molecular flexibility index (Phi) is 4.71. The van der Waals surface area contributed by atoms with Gasteiger partial charge in [-0.05, 0) is 24.1 Å². The van der Waals surface area contributed by atoms with E-state index in [-0.39, 0.29) is 5.56 Å². The molecular weight excluding hydrogens is 266 g/mol. The highest BCUT2D eigenvalue weighted by atomic mass is 16.1. The van der Waals surface area contributed by atoms with Gasteiger partial charge in [0.05, 0.1) is 5.56 Å². The van der Waals surface area contributed by atoms with Gasteiger partial charge in [-0.15, -0.1) is 0 Å². The van der Waals surface area contributed by atoms with Gasteiger partial charge in [0.25, 0.3) is 5.91 Å². The van der Waals surface area contributed by atoms with Crippen LogP contribution in [0.1, 0.15) is 24.2 Å². The van der Waals surface area contributed by atoms with E-state index in [1.54, 1.807) is 12.1 Å². The highest BCUT2D eigenvalue weighted by Gasteiger charge is 2.12. The van der Waals surface area contributed by atoms with E-state index in [9.17, 15) is 4.79 Å². The molecule has 1 heterocycles. The maximum atomic E-state index is 11.4. The first-order chi connectivity index (χ1) is 10.1. The number of primary amides is 1. The van der Waals surface area contributed by atoms with Crippen molar-refractivity contribution in [2.45, 2.75) is 13.8 Å². The molecule has 6 heteroatoms. The van der Waals surface area contributed by atoms with Crippen LogP contribution in [0.3, 0.4) is 0 Å². The van der Waals surface area contributed by atoms with Gasteiger partial charge in [-0.2, -0.15) is 4.98 Å². The molecular formula is C15H18N5O. The topological polar surface area (TPSA) is 92.9 Å². The van der Waals surface area contributed by atoms with Crippen molar-refractivity contribution in [3.8, 4) is 0 Å². The number of hydrogen-bond acceptors (Lipinski definition) is 5. The van der Waals surface area contributed by atoms with Gasteiger partial charge in [-0.3, -0.25) is 4.79 Å². The molecule has 1 radical (unpaired) electrons. The Hall–Kier alpha value is -2.63. The van der Waals surface area contributed by atoms with E-state index in [0.717, 1.165) is 5.69 Å². The van der Waals surface area contributed by atoms with Crippen molar-refractivity contribution >= 4 is 23.4 Å². The van der Waals surface area contributed by atoms with E-state index in [4.69, 9.17) is 5.73 Å². The molecule has 109 valence electrons. The van der Waals surface area contributed by atoms with Gasteiger partial charge in [-0.25, -0.2) is 4.98 Å². The zero-order chi connectivity index (χ0) is 15.2. The number of rotatable bonds is 6. The van der Waals surface area contributed by atoms with Crippen LogP contribution in [0.5, 0.6) is 0 Å². The average molecular weight is 284 g/mol. The summed E-state index contributed by atoms with van der Waals surface area (Å²) in [6.45, 7) is 4.83. The lowest BCUT2D eigenvalue weighted by molar-refractivity contribution is 0.100. The van der Waals surface area contributed by atoms with Gasteiger partial charge < -0.3 is 16.4 Å². The maximum absolute atomic E-state index is 11.4. The highest BCUT2D eigenvalue weighted by molar-refractivity contribution is 5.97. The van der Waals surface area contributed by atoms with Gasteiger partial charge in [0.2, 0.25) is 5.95 Å². The molecule has 2 rings (SSSR count). The highest BCUT2D eigenvalue weighted by Crippen LogP contribution is 2.17. The SMILES string of the molecule is CC(C)CNc1nc(Nc2cc[c]cc2)ncc1C(N)=O. The maximum Gasteiger partial charge on any atom is 0.254 e. The Morgan fingerprint density at radius 3 is 2.71 bits per heavy atom. The third kappa shape index (κ3) is 4.17. The summed E-state index contributed by atoms with van der Waals surface area (Å²) >= 11 is 0. The van der Waals surface area contributed by atoms with E-state index in [2.05, 4.69) is 40.5 Å². The summed E-state index contributed by atoms with van der Waals surface area (Å²) in [6, 6.07) is 10.2. The molecule has 1 amide bonds. The van der Waals surface area contributed by atoms with Crippen LogP contribution in [0.15, 0.2) is 30.5 Å². The van der Waals surface area contributed by atoms with Crippen LogP contribution in [0, 0.1) is 12.0 Å². The molecule has 4 N–H and O–H groups in total. The number of nitrogens with zero attached hydrogens (tertiary/aromatic N) is 2. The van der Waals surface area contributed by atoms with Crippen LogP contribution in [0.4, 0.5) is 17.5 Å². The van der Waals surface area contributed by atoms with Crippen LogP contribution in [0.2, 0.25) is 0 Å². The Morgan fingerprint density at radius 2 is 2.10 bits per heavy atom. The Labute approximate surface area is 123 Å². The molecule has 0 unspecified atom stereocenters. The van der Waals surface area contributed by atoms with Gasteiger partial charge in [-0.1, -0.05) is 26.0 Å². The molecule has 0 saturated carbocycles. The molecule has 1 aromatic carbocycles. The van der Waals surface area contributed by atoms with Crippen molar-refractivity contribution in [1.29, 1.82) is 0 Å². The van der Waals surface area contributed by atoms with Crippen molar-refractivity contribution in [1.82, 2.24) is 9.97 Å². The second kappa shape index (κ2) is 6.69. The quantitative estimate of drug-likeness (QED) is 0.756. The smallest absolute Gasteiger partial charge is 0.254 e. The van der Waals surface area contributed by atoms with Gasteiger partial charge >= 0.3 is 0 Å². The zero-order valence-electron chi connectivity index (χ0n) is 12.1. The summed E-state index contributed by atoms with van der Waals surface area (Å²) in [7, 11) is 0. The van der Waals surface area contributed by atoms with Crippen molar-refractivity contribution in [2.75, 3.05) is 17.2 Å². The first kappa shape index (κ1) is 14.8. The minimum absolute atomic E-state index is 0.280. The monoisotopic (exact) mass is 284 g/mol. The normalized spacial score (nSPS) is 10.4. The minimum Gasteiger partial charge on any atom is -0.369 e. The van der Waals surface area contributed by atoms with E-state index < -0.39 is 5.91 Å². The van der Waals surface area contributed by atoms with E-state index in [1.807, 2.05) is 12.1 Å². The fraction of sp³-hybridized carbons (Fsp3) is 0.267. The first-order valence-corrected chi connectivity index (χ1v) is 6.70. The number of carbonyl (C=O) groups is 1. The van der Waals surface area contributed by atoms with Crippen LogP contribution in [-0.2, 0) is 0 Å². The number of anilines is 3. The second-order valence-electron chi connectivity index (χ2n) is 5.01.